The first kappa shape index (κ1) is 67.4. The van der Waals surface area contributed by atoms with Crippen LogP contribution in [0.3, 0.4) is 0 Å². The van der Waals surface area contributed by atoms with Crippen molar-refractivity contribution in [2.45, 2.75) is 10.8 Å². The SMILES string of the molecule is N#Cc1cc(-c2nc(-c3ccccc3)nc(-c3ccccc3)n2)ccc1-n1c2ccccc2c2cc3c(cc21)-c1ccccc1C31c2ccccc2Oc2ccccc21.N#Cc1cc(-c2nc(-c3ccccc3)nc(-c3ccccc3)n2)ccc1-n1c2ccccc2c2cc3c(cc21)C1(c2ccccc2Oc2ccccc21)c1ccccc1-3. The zero-order valence-corrected chi connectivity index (χ0v) is 63.1. The molecule has 2 aliphatic heterocycles. The Labute approximate surface area is 678 Å². The fourth-order valence-electron chi connectivity index (χ4n) is 18.9. The van der Waals surface area contributed by atoms with Gasteiger partial charge in [0, 0.05) is 77.2 Å². The van der Waals surface area contributed by atoms with Gasteiger partial charge in [0.05, 0.1) is 55.4 Å². The number of rotatable bonds is 8. The van der Waals surface area contributed by atoms with Crippen LogP contribution in [0.25, 0.3) is 146 Å². The van der Waals surface area contributed by atoms with Crippen molar-refractivity contribution in [3.05, 3.63) is 432 Å². The monoisotopic (exact) mass is 1510 g/mol. The van der Waals surface area contributed by atoms with E-state index >= 15 is 0 Å². The minimum absolute atomic E-state index is 0.498. The predicted molar refractivity (Wildman–Crippen MR) is 465 cm³/mol. The van der Waals surface area contributed by atoms with Crippen molar-refractivity contribution in [3.63, 3.8) is 0 Å². The molecule has 2 spiro atoms. The summed E-state index contributed by atoms with van der Waals surface area (Å²) in [5, 5.41) is 26.3. The maximum atomic E-state index is 11.0. The van der Waals surface area contributed by atoms with Gasteiger partial charge in [0.25, 0.3) is 0 Å². The molecule has 24 rings (SSSR count). The van der Waals surface area contributed by atoms with Crippen molar-refractivity contribution in [1.29, 1.82) is 10.5 Å². The van der Waals surface area contributed by atoms with E-state index in [1.807, 2.05) is 182 Å². The number of nitrogens with zero attached hydrogens (tertiary/aromatic N) is 10. The molecule has 0 atom stereocenters. The molecule has 6 heterocycles. The van der Waals surface area contributed by atoms with Crippen molar-refractivity contribution in [1.82, 2.24) is 39.0 Å². The summed E-state index contributed by atoms with van der Waals surface area (Å²) in [5.41, 5.74) is 24.5. The van der Waals surface area contributed by atoms with Gasteiger partial charge in [-0.1, -0.05) is 279 Å². The van der Waals surface area contributed by atoms with E-state index in [-0.39, 0.29) is 0 Å². The van der Waals surface area contributed by atoms with E-state index in [4.69, 9.17) is 39.4 Å². The first-order valence-corrected chi connectivity index (χ1v) is 39.3. The average Bonchev–Trinajstić information content (AvgIpc) is 1.51. The Kier molecular flexibility index (Phi) is 15.2. The Morgan fingerprint density at radius 2 is 0.517 bits per heavy atom. The minimum Gasteiger partial charge on any atom is -0.457 e. The largest absolute Gasteiger partial charge is 0.457 e. The van der Waals surface area contributed by atoms with Crippen molar-refractivity contribution < 1.29 is 9.47 Å². The lowest BCUT2D eigenvalue weighted by Gasteiger charge is -2.39. The van der Waals surface area contributed by atoms with E-state index in [2.05, 4.69) is 215 Å². The molecule has 0 saturated heterocycles. The molecule has 4 aromatic heterocycles. The molecule has 0 bridgehead atoms. The Hall–Kier alpha value is -16.3. The molecule has 2 aliphatic carbocycles. The number of benzene rings is 16. The summed E-state index contributed by atoms with van der Waals surface area (Å²) in [6.45, 7) is 0. The van der Waals surface area contributed by atoms with Gasteiger partial charge in [-0.25, -0.2) is 29.9 Å². The highest BCUT2D eigenvalue weighted by Crippen LogP contribution is 2.65. The summed E-state index contributed by atoms with van der Waals surface area (Å²) >= 11 is 0. The highest BCUT2D eigenvalue weighted by Gasteiger charge is 2.53. The molecule has 0 unspecified atom stereocenters. The molecule has 0 fully saturated rings. The van der Waals surface area contributed by atoms with Crippen LogP contribution in [0.15, 0.2) is 376 Å². The number of hydrogen-bond donors (Lipinski definition) is 0. The molecule has 0 radical (unpaired) electrons. The zero-order chi connectivity index (χ0) is 78.2. The second-order valence-corrected chi connectivity index (χ2v) is 30.1. The van der Waals surface area contributed by atoms with E-state index in [9.17, 15) is 10.5 Å². The van der Waals surface area contributed by atoms with Crippen molar-refractivity contribution in [3.8, 4) is 137 Å². The highest BCUT2D eigenvalue weighted by molar-refractivity contribution is 6.14. The molecule has 548 valence electrons. The Balaban J connectivity index is 0.000000138. The molecule has 4 aliphatic rings. The lowest BCUT2D eigenvalue weighted by atomic mass is 9.66. The fourth-order valence-corrected chi connectivity index (χ4v) is 18.9. The van der Waals surface area contributed by atoms with E-state index in [1.165, 1.54) is 38.9 Å². The minimum atomic E-state index is -0.625. The first-order chi connectivity index (χ1) is 58.4. The Bertz CT molecular complexity index is 7460. The molecule has 16 aromatic carbocycles. The number of aromatic nitrogens is 8. The standard InChI is InChI=1S/2C53H31N5O/c54-32-36-29-35(52-56-50(33-15-3-1-4-16-33)55-51(57-52)34-17-5-2-6-18-34)27-28-45(36)58-46-24-12-8-20-38(46)40-30-44-39(31-47(40)58)37-19-7-9-21-41(37)53(44)42-22-10-13-25-48(42)59-49-26-14-11-23-43(49)53;54-32-36-29-35(52-56-50(33-15-3-1-4-16-33)55-51(57-52)34-17-5-2-6-18-34)27-28-45(36)58-46-24-12-8-20-38(46)40-30-39-37-19-7-9-21-41(37)53(44(39)31-47(40)58)42-22-10-13-25-48(42)59-49-26-14-11-23-43(49)53/h2*1-31H. The second kappa shape index (κ2) is 26.7. The number of fused-ring (bicyclic) bond motifs is 24. The molecule has 0 N–H and O–H groups in total. The molecule has 0 saturated carbocycles. The zero-order valence-electron chi connectivity index (χ0n) is 63.1. The van der Waals surface area contributed by atoms with Crippen LogP contribution in [0.5, 0.6) is 23.0 Å². The van der Waals surface area contributed by atoms with Gasteiger partial charge in [0.15, 0.2) is 34.9 Å². The third kappa shape index (κ3) is 10.1. The summed E-state index contributed by atoms with van der Waals surface area (Å²) in [5.74, 6) is 6.69. The number of hydrogen-bond acceptors (Lipinski definition) is 10. The predicted octanol–water partition coefficient (Wildman–Crippen LogP) is 24.6. The van der Waals surface area contributed by atoms with Gasteiger partial charge in [-0.05, 0) is 142 Å². The van der Waals surface area contributed by atoms with Gasteiger partial charge < -0.3 is 18.6 Å². The smallest absolute Gasteiger partial charge is 0.164 e. The first-order valence-electron chi connectivity index (χ1n) is 39.3. The molecule has 12 nitrogen and oxygen atoms in total. The van der Waals surface area contributed by atoms with Crippen LogP contribution < -0.4 is 9.47 Å². The summed E-state index contributed by atoms with van der Waals surface area (Å²) in [4.78, 5) is 29.6. The van der Waals surface area contributed by atoms with Crippen LogP contribution in [0.1, 0.15) is 55.6 Å². The average molecular weight is 1510 g/mol. The second-order valence-electron chi connectivity index (χ2n) is 30.1. The van der Waals surface area contributed by atoms with Gasteiger partial charge >= 0.3 is 0 Å². The van der Waals surface area contributed by atoms with Gasteiger partial charge in [0.2, 0.25) is 0 Å². The molecule has 118 heavy (non-hydrogen) atoms. The van der Waals surface area contributed by atoms with Gasteiger partial charge in [-0.15, -0.1) is 0 Å². The molecule has 12 heteroatoms. The number of ether oxygens (including phenoxy) is 2. The number of para-hydroxylation sites is 6. The fraction of sp³-hybridized carbons (Fsp3) is 0.0189. The van der Waals surface area contributed by atoms with Crippen LogP contribution in [0.2, 0.25) is 0 Å². The summed E-state index contributed by atoms with van der Waals surface area (Å²) in [7, 11) is 0. The van der Waals surface area contributed by atoms with Crippen molar-refractivity contribution >= 4 is 43.6 Å². The van der Waals surface area contributed by atoms with E-state index < -0.39 is 10.8 Å². The lowest BCUT2D eigenvalue weighted by Crippen LogP contribution is -2.32. The van der Waals surface area contributed by atoms with E-state index in [0.29, 0.717) is 46.1 Å². The van der Waals surface area contributed by atoms with Crippen LogP contribution >= 0.6 is 0 Å². The topological polar surface area (TPSA) is 153 Å². The van der Waals surface area contributed by atoms with Crippen LogP contribution in [-0.2, 0) is 10.8 Å². The summed E-state index contributed by atoms with van der Waals surface area (Å²) in [6.07, 6.45) is 0. The van der Waals surface area contributed by atoms with E-state index in [0.717, 1.165) is 139 Å². The summed E-state index contributed by atoms with van der Waals surface area (Å²) < 4.78 is 17.7. The third-order valence-electron chi connectivity index (χ3n) is 23.9. The van der Waals surface area contributed by atoms with Crippen molar-refractivity contribution in [2.75, 3.05) is 0 Å². The molecule has 20 aromatic rings. The normalized spacial score (nSPS) is 13.0. The maximum Gasteiger partial charge on any atom is 0.164 e. The number of nitriles is 2. The van der Waals surface area contributed by atoms with Crippen LogP contribution in [-0.4, -0.2) is 39.0 Å². The molecular formula is C106H62N10O2. The highest BCUT2D eigenvalue weighted by atomic mass is 16.5. The third-order valence-corrected chi connectivity index (χ3v) is 23.9. The maximum absolute atomic E-state index is 11.0. The van der Waals surface area contributed by atoms with Crippen molar-refractivity contribution in [2.24, 2.45) is 0 Å². The van der Waals surface area contributed by atoms with E-state index in [1.54, 1.807) is 0 Å². The Morgan fingerprint density at radius 3 is 0.898 bits per heavy atom. The molecule has 0 amide bonds. The quantitative estimate of drug-likeness (QED) is 0.144. The Morgan fingerprint density at radius 1 is 0.220 bits per heavy atom. The van der Waals surface area contributed by atoms with Gasteiger partial charge in [0.1, 0.15) is 35.1 Å². The van der Waals surface area contributed by atoms with Gasteiger partial charge in [-0.2, -0.15) is 10.5 Å². The summed E-state index contributed by atoms with van der Waals surface area (Å²) in [6, 6.07) is 134. The van der Waals surface area contributed by atoms with Gasteiger partial charge in [-0.3, -0.25) is 0 Å². The van der Waals surface area contributed by atoms with Crippen LogP contribution in [0.4, 0.5) is 0 Å². The lowest BCUT2D eigenvalue weighted by molar-refractivity contribution is 0.436. The van der Waals surface area contributed by atoms with Crippen LogP contribution in [0, 0.1) is 22.7 Å². The molecular weight excluding hydrogens is 1450 g/mol.